The molecule has 1 saturated heterocycles. The van der Waals surface area contributed by atoms with Crippen LogP contribution in [0.15, 0.2) is 30.7 Å². The number of aliphatic carboxylic acids is 1. The van der Waals surface area contributed by atoms with Gasteiger partial charge in [0, 0.05) is 50.4 Å². The molecule has 1 aliphatic heterocycles. The summed E-state index contributed by atoms with van der Waals surface area (Å²) in [5, 5.41) is 16.8. The van der Waals surface area contributed by atoms with Crippen LogP contribution >= 0.6 is 0 Å². The predicted octanol–water partition coefficient (Wildman–Crippen LogP) is 1.42. The van der Waals surface area contributed by atoms with E-state index >= 15 is 0 Å². The summed E-state index contributed by atoms with van der Waals surface area (Å²) in [5.41, 5.74) is 0.445. The Bertz CT molecular complexity index is 809. The molecule has 0 radical (unpaired) electrons. The number of aromatic nitrogens is 3. The number of rotatable bonds is 5. The maximum atomic E-state index is 12.0. The number of amides is 1. The number of hydrogen-bond donors (Lipinski definition) is 2. The van der Waals surface area contributed by atoms with Gasteiger partial charge in [-0.1, -0.05) is 0 Å². The van der Waals surface area contributed by atoms with Crippen LogP contribution in [0.5, 0.6) is 0 Å². The maximum Gasteiger partial charge on any atom is 0.331 e. The molecule has 2 aromatic heterocycles. The van der Waals surface area contributed by atoms with Gasteiger partial charge in [-0.2, -0.15) is 5.10 Å². The first-order chi connectivity index (χ1) is 12.5. The summed E-state index contributed by atoms with van der Waals surface area (Å²) >= 11 is 0. The third-order valence-electron chi connectivity index (χ3n) is 4.81. The zero-order chi connectivity index (χ0) is 18.7. The zero-order valence-corrected chi connectivity index (χ0v) is 15.0. The molecule has 0 aromatic carbocycles. The second kappa shape index (κ2) is 7.15. The highest BCUT2D eigenvalue weighted by Crippen LogP contribution is 2.32. The van der Waals surface area contributed by atoms with Crippen LogP contribution in [-0.4, -0.2) is 51.4 Å². The first-order valence-corrected chi connectivity index (χ1v) is 8.70. The van der Waals surface area contributed by atoms with Gasteiger partial charge in [-0.3, -0.25) is 9.48 Å². The van der Waals surface area contributed by atoms with E-state index in [1.54, 1.807) is 35.4 Å². The molecule has 0 unspecified atom stereocenters. The van der Waals surface area contributed by atoms with Gasteiger partial charge in [0.05, 0.1) is 6.20 Å². The molecule has 0 aliphatic carbocycles. The van der Waals surface area contributed by atoms with Gasteiger partial charge in [-0.15, -0.1) is 0 Å². The molecule has 1 amide bonds. The number of carboxylic acids is 1. The van der Waals surface area contributed by atoms with E-state index in [4.69, 9.17) is 0 Å². The van der Waals surface area contributed by atoms with Crippen molar-refractivity contribution >= 4 is 17.7 Å². The molecular formula is C18H23N5O3. The van der Waals surface area contributed by atoms with Gasteiger partial charge in [-0.05, 0) is 31.5 Å². The van der Waals surface area contributed by atoms with Gasteiger partial charge in [-0.25, -0.2) is 9.78 Å². The van der Waals surface area contributed by atoms with E-state index < -0.39 is 11.5 Å². The van der Waals surface area contributed by atoms with Gasteiger partial charge in [0.2, 0.25) is 0 Å². The van der Waals surface area contributed by atoms with Gasteiger partial charge in [0.1, 0.15) is 5.82 Å². The summed E-state index contributed by atoms with van der Waals surface area (Å²) in [4.78, 5) is 30.4. The van der Waals surface area contributed by atoms with Crippen molar-refractivity contribution in [1.29, 1.82) is 0 Å². The largest absolute Gasteiger partial charge is 0.479 e. The van der Waals surface area contributed by atoms with Crippen molar-refractivity contribution in [1.82, 2.24) is 20.1 Å². The average Bonchev–Trinajstić information content (AvgIpc) is 3.09. The molecule has 3 heterocycles. The first kappa shape index (κ1) is 17.9. The number of hydrogen-bond acceptors (Lipinski definition) is 5. The van der Waals surface area contributed by atoms with Gasteiger partial charge in [0.15, 0.2) is 5.54 Å². The molecular weight excluding hydrogens is 334 g/mol. The molecule has 0 atom stereocenters. The number of carbonyl (C=O) groups excluding carboxylic acids is 1. The minimum absolute atomic E-state index is 0.139. The number of carboxylic acid groups (broad SMARTS) is 1. The number of pyridine rings is 1. The lowest BCUT2D eigenvalue weighted by atomic mass is 9.87. The molecule has 3 rings (SSSR count). The fraction of sp³-hybridized carbons (Fsp3) is 0.444. The van der Waals surface area contributed by atoms with E-state index in [-0.39, 0.29) is 5.91 Å². The summed E-state index contributed by atoms with van der Waals surface area (Å²) in [5.74, 6) is -0.325. The molecule has 8 nitrogen and oxygen atoms in total. The molecule has 0 spiro atoms. The van der Waals surface area contributed by atoms with Crippen molar-refractivity contribution in [2.45, 2.75) is 32.2 Å². The van der Waals surface area contributed by atoms with E-state index in [9.17, 15) is 14.7 Å². The molecule has 1 fully saturated rings. The highest BCUT2D eigenvalue weighted by Gasteiger charge is 2.44. The van der Waals surface area contributed by atoms with E-state index in [0.717, 1.165) is 5.56 Å². The minimum atomic E-state index is -1.04. The van der Waals surface area contributed by atoms with E-state index in [2.05, 4.69) is 15.4 Å². The Kier molecular flexibility index (Phi) is 4.92. The smallest absolute Gasteiger partial charge is 0.331 e. The highest BCUT2D eigenvalue weighted by atomic mass is 16.4. The summed E-state index contributed by atoms with van der Waals surface area (Å²) in [6, 6.07) is 3.42. The van der Waals surface area contributed by atoms with Crippen molar-refractivity contribution in [3.05, 3.63) is 41.9 Å². The average molecular weight is 357 g/mol. The Labute approximate surface area is 151 Å². The summed E-state index contributed by atoms with van der Waals surface area (Å²) in [7, 11) is 0. The lowest BCUT2D eigenvalue weighted by Gasteiger charge is -2.39. The Morgan fingerprint density at radius 2 is 2.08 bits per heavy atom. The normalized spacial score (nSPS) is 16.3. The lowest BCUT2D eigenvalue weighted by Crippen LogP contribution is -2.51. The minimum Gasteiger partial charge on any atom is -0.479 e. The maximum absolute atomic E-state index is 12.0. The number of nitrogens with zero attached hydrogens (tertiary/aromatic N) is 4. The third kappa shape index (κ3) is 3.26. The third-order valence-corrected chi connectivity index (χ3v) is 4.81. The van der Waals surface area contributed by atoms with Crippen molar-refractivity contribution in [3.8, 4) is 0 Å². The van der Waals surface area contributed by atoms with Crippen molar-refractivity contribution < 1.29 is 14.7 Å². The van der Waals surface area contributed by atoms with Crippen molar-refractivity contribution in [2.75, 3.05) is 24.5 Å². The quantitative estimate of drug-likeness (QED) is 0.839. The number of aryl methyl sites for hydroxylation is 1. The number of nitrogens with one attached hydrogen (secondary N) is 1. The highest BCUT2D eigenvalue weighted by molar-refractivity contribution is 5.94. The zero-order valence-electron chi connectivity index (χ0n) is 15.0. The number of anilines is 1. The van der Waals surface area contributed by atoms with Crippen molar-refractivity contribution in [3.63, 3.8) is 0 Å². The Morgan fingerprint density at radius 3 is 2.65 bits per heavy atom. The van der Waals surface area contributed by atoms with Gasteiger partial charge < -0.3 is 15.3 Å². The van der Waals surface area contributed by atoms with Crippen LogP contribution in [0.1, 0.15) is 35.7 Å². The molecule has 2 N–H and O–H groups in total. The Balaban J connectivity index is 1.78. The van der Waals surface area contributed by atoms with E-state index in [0.29, 0.717) is 43.9 Å². The second-order valence-corrected chi connectivity index (χ2v) is 6.55. The van der Waals surface area contributed by atoms with Crippen LogP contribution < -0.4 is 10.2 Å². The molecule has 2 aromatic rings. The summed E-state index contributed by atoms with van der Waals surface area (Å²) in [6.07, 6.45) is 5.88. The van der Waals surface area contributed by atoms with Crippen LogP contribution in [0.2, 0.25) is 0 Å². The monoisotopic (exact) mass is 357 g/mol. The van der Waals surface area contributed by atoms with E-state index in [1.807, 2.05) is 18.7 Å². The van der Waals surface area contributed by atoms with Crippen LogP contribution in [0.3, 0.4) is 0 Å². The van der Waals surface area contributed by atoms with Gasteiger partial charge >= 0.3 is 5.97 Å². The topological polar surface area (TPSA) is 100 Å². The van der Waals surface area contributed by atoms with Crippen LogP contribution in [0, 0.1) is 6.92 Å². The molecule has 26 heavy (non-hydrogen) atoms. The first-order valence-electron chi connectivity index (χ1n) is 8.70. The van der Waals surface area contributed by atoms with Crippen LogP contribution in [0.4, 0.5) is 5.82 Å². The molecule has 0 bridgehead atoms. The second-order valence-electron chi connectivity index (χ2n) is 6.55. The van der Waals surface area contributed by atoms with Crippen molar-refractivity contribution in [2.24, 2.45) is 0 Å². The lowest BCUT2D eigenvalue weighted by molar-refractivity contribution is -0.149. The Morgan fingerprint density at radius 1 is 1.35 bits per heavy atom. The molecule has 1 aliphatic rings. The number of carbonyl (C=O) groups is 2. The van der Waals surface area contributed by atoms with Crippen LogP contribution in [-0.2, 0) is 10.3 Å². The fourth-order valence-electron chi connectivity index (χ4n) is 3.29. The predicted molar refractivity (Wildman–Crippen MR) is 96.3 cm³/mol. The number of piperidine rings is 1. The molecule has 8 heteroatoms. The SMILES string of the molecule is CCNC(=O)c1ccnc(N2CCC(C(=O)O)(n3cc(C)cn3)CC2)c1. The van der Waals surface area contributed by atoms with E-state index in [1.165, 1.54) is 0 Å². The summed E-state index contributed by atoms with van der Waals surface area (Å²) in [6.45, 7) is 5.37. The fourth-order valence-corrected chi connectivity index (χ4v) is 3.29. The summed E-state index contributed by atoms with van der Waals surface area (Å²) < 4.78 is 1.57. The van der Waals surface area contributed by atoms with Crippen LogP contribution in [0.25, 0.3) is 0 Å². The Hall–Kier alpha value is -2.90. The molecule has 138 valence electrons. The molecule has 0 saturated carbocycles. The van der Waals surface area contributed by atoms with Gasteiger partial charge in [0.25, 0.3) is 5.91 Å². The standard InChI is InChI=1S/C18H23N5O3/c1-3-19-16(24)14-4-7-20-15(10-14)22-8-5-18(6-9-22,17(25)26)23-12-13(2)11-21-23/h4,7,10-12H,3,5-6,8-9H2,1-2H3,(H,19,24)(H,25,26).